The van der Waals surface area contributed by atoms with Gasteiger partial charge in [-0.3, -0.25) is 9.67 Å². The first-order valence-corrected chi connectivity index (χ1v) is 4.22. The van der Waals surface area contributed by atoms with E-state index in [4.69, 9.17) is 17.3 Å². The molecule has 0 saturated carbocycles. The van der Waals surface area contributed by atoms with Gasteiger partial charge < -0.3 is 9.63 Å². The highest BCUT2D eigenvalue weighted by Gasteiger charge is 2.07. The third-order valence-corrected chi connectivity index (χ3v) is 2.00. The van der Waals surface area contributed by atoms with Crippen LogP contribution in [-0.2, 0) is 13.2 Å². The third kappa shape index (κ3) is 1.56. The van der Waals surface area contributed by atoms with Gasteiger partial charge in [0, 0.05) is 0 Å². The standard InChI is InChI=1S/C6H7N5O2S/c12-2-5-8-9-6(14)11(5)1-4-7-3-13-10-4/h3,12H,1-2H2,(H,9,14). The number of nitrogens with one attached hydrogen (secondary N) is 1. The Morgan fingerprint density at radius 1 is 1.64 bits per heavy atom. The summed E-state index contributed by atoms with van der Waals surface area (Å²) in [5.74, 6) is 0.928. The van der Waals surface area contributed by atoms with Gasteiger partial charge in [0.25, 0.3) is 0 Å². The van der Waals surface area contributed by atoms with E-state index >= 15 is 0 Å². The minimum atomic E-state index is -0.189. The van der Waals surface area contributed by atoms with Gasteiger partial charge >= 0.3 is 0 Å². The van der Waals surface area contributed by atoms with Gasteiger partial charge in [0.2, 0.25) is 6.39 Å². The van der Waals surface area contributed by atoms with Crippen LogP contribution >= 0.6 is 12.2 Å². The highest BCUT2D eigenvalue weighted by Crippen LogP contribution is 2.01. The van der Waals surface area contributed by atoms with Crippen molar-refractivity contribution in [2.45, 2.75) is 13.2 Å². The fourth-order valence-electron chi connectivity index (χ4n) is 1.04. The summed E-state index contributed by atoms with van der Waals surface area (Å²) < 4.78 is 6.59. The van der Waals surface area contributed by atoms with Crippen molar-refractivity contribution in [2.75, 3.05) is 0 Å². The van der Waals surface area contributed by atoms with Crippen LogP contribution in [0.15, 0.2) is 10.9 Å². The molecule has 14 heavy (non-hydrogen) atoms. The molecule has 0 bridgehead atoms. The molecule has 2 heterocycles. The lowest BCUT2D eigenvalue weighted by molar-refractivity contribution is 0.265. The number of aromatic amines is 1. The lowest BCUT2D eigenvalue weighted by Gasteiger charge is -1.99. The monoisotopic (exact) mass is 213 g/mol. The minimum Gasteiger partial charge on any atom is -0.388 e. The summed E-state index contributed by atoms with van der Waals surface area (Å²) in [7, 11) is 0. The van der Waals surface area contributed by atoms with Crippen LogP contribution in [0.3, 0.4) is 0 Å². The number of nitrogens with zero attached hydrogens (tertiary/aromatic N) is 4. The fraction of sp³-hybridized carbons (Fsp3) is 0.333. The summed E-state index contributed by atoms with van der Waals surface area (Å²) >= 11 is 4.96. The lowest BCUT2D eigenvalue weighted by atomic mass is 10.5. The third-order valence-electron chi connectivity index (χ3n) is 1.69. The summed E-state index contributed by atoms with van der Waals surface area (Å²) in [6, 6.07) is 0. The molecular weight excluding hydrogens is 206 g/mol. The van der Waals surface area contributed by atoms with E-state index in [1.54, 1.807) is 4.57 Å². The maximum Gasteiger partial charge on any atom is 0.213 e. The van der Waals surface area contributed by atoms with E-state index in [0.717, 1.165) is 0 Å². The number of rotatable bonds is 3. The van der Waals surface area contributed by atoms with Crippen molar-refractivity contribution in [1.82, 2.24) is 24.9 Å². The average Bonchev–Trinajstić information content (AvgIpc) is 2.79. The molecule has 8 heteroatoms. The largest absolute Gasteiger partial charge is 0.388 e. The highest BCUT2D eigenvalue weighted by atomic mass is 32.1. The first-order chi connectivity index (χ1) is 6.81. The number of hydrogen-bond donors (Lipinski definition) is 2. The second-order valence-electron chi connectivity index (χ2n) is 2.54. The van der Waals surface area contributed by atoms with Crippen LogP contribution in [0, 0.1) is 4.77 Å². The van der Waals surface area contributed by atoms with Crippen molar-refractivity contribution in [2.24, 2.45) is 0 Å². The zero-order chi connectivity index (χ0) is 9.97. The molecule has 0 amide bonds. The van der Waals surface area contributed by atoms with E-state index in [0.29, 0.717) is 23.0 Å². The normalized spacial score (nSPS) is 10.6. The van der Waals surface area contributed by atoms with Crippen LogP contribution < -0.4 is 0 Å². The van der Waals surface area contributed by atoms with Gasteiger partial charge in [-0.05, 0) is 12.2 Å². The molecule has 0 aliphatic rings. The zero-order valence-electron chi connectivity index (χ0n) is 7.04. The SMILES string of the molecule is OCc1n[nH]c(=S)n1Cc1ncon1. The highest BCUT2D eigenvalue weighted by molar-refractivity contribution is 7.71. The summed E-state index contributed by atoms with van der Waals surface area (Å²) in [6.45, 7) is 0.146. The molecule has 0 radical (unpaired) electrons. The van der Waals surface area contributed by atoms with Crippen molar-refractivity contribution < 1.29 is 9.63 Å². The van der Waals surface area contributed by atoms with Gasteiger partial charge in [0.1, 0.15) is 6.61 Å². The van der Waals surface area contributed by atoms with Crippen LogP contribution in [-0.4, -0.2) is 30.0 Å². The molecule has 2 aromatic rings. The molecular formula is C6H7N5O2S. The van der Waals surface area contributed by atoms with Crippen LogP contribution in [0.1, 0.15) is 11.6 Å². The van der Waals surface area contributed by atoms with Gasteiger partial charge in [-0.1, -0.05) is 5.16 Å². The molecule has 2 rings (SSSR count). The van der Waals surface area contributed by atoms with Gasteiger partial charge in [0.15, 0.2) is 16.4 Å². The Balaban J connectivity index is 2.32. The van der Waals surface area contributed by atoms with Crippen molar-refractivity contribution in [1.29, 1.82) is 0 Å². The smallest absolute Gasteiger partial charge is 0.213 e. The molecule has 74 valence electrons. The maximum atomic E-state index is 8.95. The van der Waals surface area contributed by atoms with E-state index in [1.807, 2.05) is 0 Å². The number of aromatic nitrogens is 5. The summed E-state index contributed by atoms with van der Waals surface area (Å²) in [6.07, 6.45) is 1.23. The second kappa shape index (κ2) is 3.68. The van der Waals surface area contributed by atoms with Gasteiger partial charge in [-0.15, -0.1) is 0 Å². The average molecular weight is 213 g/mol. The van der Waals surface area contributed by atoms with E-state index < -0.39 is 0 Å². The van der Waals surface area contributed by atoms with Crippen molar-refractivity contribution >= 4 is 12.2 Å². The summed E-state index contributed by atoms with van der Waals surface area (Å²) in [5, 5.41) is 19.0. The van der Waals surface area contributed by atoms with E-state index in [9.17, 15) is 0 Å². The Labute approximate surface area is 83.4 Å². The van der Waals surface area contributed by atoms with Gasteiger partial charge in [-0.2, -0.15) is 10.1 Å². The number of H-pyrrole nitrogens is 1. The molecule has 7 nitrogen and oxygen atoms in total. The number of aliphatic hydroxyl groups is 1. The minimum absolute atomic E-state index is 0.189. The van der Waals surface area contributed by atoms with Crippen LogP contribution in [0.4, 0.5) is 0 Å². The van der Waals surface area contributed by atoms with Gasteiger partial charge in [0.05, 0.1) is 6.54 Å². The predicted molar refractivity (Wildman–Crippen MR) is 46.7 cm³/mol. The molecule has 2 N–H and O–H groups in total. The van der Waals surface area contributed by atoms with Crippen molar-refractivity contribution in [3.8, 4) is 0 Å². The van der Waals surface area contributed by atoms with Crippen LogP contribution in [0.2, 0.25) is 0 Å². The van der Waals surface area contributed by atoms with E-state index in [2.05, 4.69) is 24.9 Å². The Hall–Kier alpha value is -1.54. The molecule has 0 fully saturated rings. The lowest BCUT2D eigenvalue weighted by Crippen LogP contribution is -2.06. The first kappa shape index (κ1) is 9.03. The van der Waals surface area contributed by atoms with Crippen LogP contribution in [0.5, 0.6) is 0 Å². The number of aliphatic hydroxyl groups excluding tert-OH is 1. The van der Waals surface area contributed by atoms with E-state index in [-0.39, 0.29) is 6.61 Å². The Kier molecular flexibility index (Phi) is 2.37. The predicted octanol–water partition coefficient (Wildman–Crippen LogP) is -0.136. The molecule has 0 spiro atoms. The summed E-state index contributed by atoms with van der Waals surface area (Å²) in [4.78, 5) is 3.84. The topological polar surface area (TPSA) is 92.8 Å². The fourth-order valence-corrected chi connectivity index (χ4v) is 1.25. The molecule has 0 aliphatic heterocycles. The molecule has 0 aromatic carbocycles. The molecule has 0 atom stereocenters. The van der Waals surface area contributed by atoms with Gasteiger partial charge in [-0.25, -0.2) is 0 Å². The molecule has 0 aliphatic carbocycles. The van der Waals surface area contributed by atoms with Crippen molar-refractivity contribution in [3.63, 3.8) is 0 Å². The Bertz CT molecular complexity index is 459. The summed E-state index contributed by atoms with van der Waals surface area (Å²) in [5.41, 5.74) is 0. The Morgan fingerprint density at radius 3 is 3.14 bits per heavy atom. The quantitative estimate of drug-likeness (QED) is 0.689. The molecule has 0 saturated heterocycles. The molecule has 0 unspecified atom stereocenters. The Morgan fingerprint density at radius 2 is 2.50 bits per heavy atom. The zero-order valence-corrected chi connectivity index (χ0v) is 7.86. The molecule has 2 aromatic heterocycles. The number of hydrogen-bond acceptors (Lipinski definition) is 6. The first-order valence-electron chi connectivity index (χ1n) is 3.81. The maximum absolute atomic E-state index is 8.95. The second-order valence-corrected chi connectivity index (χ2v) is 2.92. The van der Waals surface area contributed by atoms with E-state index in [1.165, 1.54) is 6.39 Å². The van der Waals surface area contributed by atoms with Crippen LogP contribution in [0.25, 0.3) is 0 Å². The van der Waals surface area contributed by atoms with Crippen molar-refractivity contribution in [3.05, 3.63) is 22.8 Å².